The fourth-order valence-electron chi connectivity index (χ4n) is 1.90. The highest BCUT2D eigenvalue weighted by molar-refractivity contribution is 6.15. The van der Waals surface area contributed by atoms with Crippen molar-refractivity contribution in [1.82, 2.24) is 0 Å². The molecule has 21 heavy (non-hydrogen) atoms. The van der Waals surface area contributed by atoms with Gasteiger partial charge >= 0.3 is 5.97 Å². The molecule has 0 aromatic heterocycles. The van der Waals surface area contributed by atoms with Gasteiger partial charge in [-0.25, -0.2) is 4.79 Å². The standard InChI is InChI=1S/C17H16O4/c1-20-12-15(17(18)19)14-9-5-6-10-16(14)21-11-13-7-3-2-4-8-13/h2-10,12H,11H2,1H3,(H,18,19)/b15-12-. The Labute approximate surface area is 123 Å². The van der Waals surface area contributed by atoms with Crippen molar-refractivity contribution in [3.8, 4) is 5.75 Å². The van der Waals surface area contributed by atoms with Crippen LogP contribution in [0.25, 0.3) is 5.57 Å². The molecular weight excluding hydrogens is 268 g/mol. The molecule has 4 nitrogen and oxygen atoms in total. The largest absolute Gasteiger partial charge is 0.503 e. The molecule has 0 aliphatic rings. The van der Waals surface area contributed by atoms with Crippen molar-refractivity contribution in [2.45, 2.75) is 6.61 Å². The van der Waals surface area contributed by atoms with E-state index >= 15 is 0 Å². The molecule has 0 aliphatic heterocycles. The van der Waals surface area contributed by atoms with E-state index in [0.717, 1.165) is 5.56 Å². The lowest BCUT2D eigenvalue weighted by Crippen LogP contribution is -2.04. The normalized spacial score (nSPS) is 11.0. The Hall–Kier alpha value is -2.75. The predicted octanol–water partition coefficient (Wildman–Crippen LogP) is 3.34. The van der Waals surface area contributed by atoms with Crippen molar-refractivity contribution in [1.29, 1.82) is 0 Å². The van der Waals surface area contributed by atoms with Gasteiger partial charge in [0, 0.05) is 5.56 Å². The Morgan fingerprint density at radius 3 is 2.43 bits per heavy atom. The predicted molar refractivity (Wildman–Crippen MR) is 79.8 cm³/mol. The first-order chi connectivity index (χ1) is 10.2. The summed E-state index contributed by atoms with van der Waals surface area (Å²) < 4.78 is 10.6. The molecule has 4 heteroatoms. The van der Waals surface area contributed by atoms with E-state index < -0.39 is 5.97 Å². The van der Waals surface area contributed by atoms with E-state index in [9.17, 15) is 9.90 Å². The monoisotopic (exact) mass is 284 g/mol. The summed E-state index contributed by atoms with van der Waals surface area (Å²) in [7, 11) is 1.41. The molecule has 0 atom stereocenters. The lowest BCUT2D eigenvalue weighted by Gasteiger charge is -2.12. The fourth-order valence-corrected chi connectivity index (χ4v) is 1.90. The average Bonchev–Trinajstić information content (AvgIpc) is 2.52. The zero-order chi connectivity index (χ0) is 15.1. The first-order valence-corrected chi connectivity index (χ1v) is 6.44. The molecule has 0 aliphatic carbocycles. The van der Waals surface area contributed by atoms with Gasteiger partial charge in [0.1, 0.15) is 17.9 Å². The second-order valence-electron chi connectivity index (χ2n) is 4.34. The molecule has 2 aromatic carbocycles. The van der Waals surface area contributed by atoms with Crippen LogP contribution in [0.1, 0.15) is 11.1 Å². The van der Waals surface area contributed by atoms with Crippen molar-refractivity contribution in [2.75, 3.05) is 7.11 Å². The number of benzene rings is 2. The van der Waals surface area contributed by atoms with E-state index in [1.165, 1.54) is 13.4 Å². The van der Waals surface area contributed by atoms with E-state index in [1.54, 1.807) is 24.3 Å². The summed E-state index contributed by atoms with van der Waals surface area (Å²) in [4.78, 5) is 11.3. The van der Waals surface area contributed by atoms with Gasteiger partial charge in [0.15, 0.2) is 0 Å². The van der Waals surface area contributed by atoms with Crippen LogP contribution in [-0.2, 0) is 16.1 Å². The maximum atomic E-state index is 11.3. The lowest BCUT2D eigenvalue weighted by molar-refractivity contribution is -0.130. The number of carboxylic acids is 1. The molecule has 0 spiro atoms. The maximum Gasteiger partial charge on any atom is 0.339 e. The number of hydrogen-bond donors (Lipinski definition) is 1. The molecule has 0 fully saturated rings. The molecule has 0 saturated heterocycles. The maximum absolute atomic E-state index is 11.3. The molecule has 1 N–H and O–H groups in total. The minimum atomic E-state index is -1.06. The quantitative estimate of drug-likeness (QED) is 0.653. The van der Waals surface area contributed by atoms with Crippen molar-refractivity contribution < 1.29 is 19.4 Å². The van der Waals surface area contributed by atoms with Crippen LogP contribution in [0.15, 0.2) is 60.9 Å². The van der Waals surface area contributed by atoms with Gasteiger partial charge in [-0.05, 0) is 11.6 Å². The number of para-hydroxylation sites is 1. The second-order valence-corrected chi connectivity index (χ2v) is 4.34. The smallest absolute Gasteiger partial charge is 0.339 e. The van der Waals surface area contributed by atoms with Gasteiger partial charge in [0.25, 0.3) is 0 Å². The molecule has 0 unspecified atom stereocenters. The van der Waals surface area contributed by atoms with Gasteiger partial charge < -0.3 is 14.6 Å². The Kier molecular flexibility index (Phi) is 4.99. The van der Waals surface area contributed by atoms with Gasteiger partial charge in [-0.2, -0.15) is 0 Å². The zero-order valence-electron chi connectivity index (χ0n) is 11.7. The SMILES string of the molecule is CO/C=C(\C(=O)O)c1ccccc1OCc1ccccc1. The van der Waals surface area contributed by atoms with Crippen LogP contribution >= 0.6 is 0 Å². The van der Waals surface area contributed by atoms with Crippen LogP contribution in [0.5, 0.6) is 5.75 Å². The summed E-state index contributed by atoms with van der Waals surface area (Å²) in [6, 6.07) is 16.7. The summed E-state index contributed by atoms with van der Waals surface area (Å²) >= 11 is 0. The number of ether oxygens (including phenoxy) is 2. The number of methoxy groups -OCH3 is 1. The summed E-state index contributed by atoms with van der Waals surface area (Å²) in [5.74, 6) is -0.556. The summed E-state index contributed by atoms with van der Waals surface area (Å²) in [6.45, 7) is 0.373. The third kappa shape index (κ3) is 3.86. The van der Waals surface area contributed by atoms with Gasteiger partial charge in [0.2, 0.25) is 0 Å². The summed E-state index contributed by atoms with van der Waals surface area (Å²) in [5.41, 5.74) is 1.56. The van der Waals surface area contributed by atoms with Gasteiger partial charge in [-0.15, -0.1) is 0 Å². The fraction of sp³-hybridized carbons (Fsp3) is 0.118. The van der Waals surface area contributed by atoms with Gasteiger partial charge in [-0.1, -0.05) is 48.5 Å². The highest BCUT2D eigenvalue weighted by Crippen LogP contribution is 2.27. The van der Waals surface area contributed by atoms with Crippen LogP contribution in [0.3, 0.4) is 0 Å². The minimum Gasteiger partial charge on any atom is -0.503 e. The van der Waals surface area contributed by atoms with Gasteiger partial charge in [-0.3, -0.25) is 0 Å². The summed E-state index contributed by atoms with van der Waals surface area (Å²) in [5, 5.41) is 9.26. The van der Waals surface area contributed by atoms with E-state index in [-0.39, 0.29) is 5.57 Å². The molecule has 0 heterocycles. The van der Waals surface area contributed by atoms with E-state index in [0.29, 0.717) is 17.9 Å². The van der Waals surface area contributed by atoms with Crippen LogP contribution in [-0.4, -0.2) is 18.2 Å². The number of hydrogen-bond acceptors (Lipinski definition) is 3. The highest BCUT2D eigenvalue weighted by Gasteiger charge is 2.15. The van der Waals surface area contributed by atoms with Crippen LogP contribution in [0.4, 0.5) is 0 Å². The summed E-state index contributed by atoms with van der Waals surface area (Å²) in [6.07, 6.45) is 1.20. The lowest BCUT2D eigenvalue weighted by atomic mass is 10.1. The Bertz CT molecular complexity index is 632. The minimum absolute atomic E-state index is 0.0566. The average molecular weight is 284 g/mol. The van der Waals surface area contributed by atoms with E-state index in [1.807, 2.05) is 30.3 Å². The number of rotatable bonds is 6. The van der Waals surface area contributed by atoms with E-state index in [2.05, 4.69) is 0 Å². The Morgan fingerprint density at radius 2 is 1.76 bits per heavy atom. The van der Waals surface area contributed by atoms with Gasteiger partial charge in [0.05, 0.1) is 13.4 Å². The molecular formula is C17H16O4. The zero-order valence-corrected chi connectivity index (χ0v) is 11.7. The molecule has 0 amide bonds. The number of carbonyl (C=O) groups is 1. The molecule has 0 radical (unpaired) electrons. The number of carboxylic acid groups (broad SMARTS) is 1. The van der Waals surface area contributed by atoms with Crippen molar-refractivity contribution in [3.63, 3.8) is 0 Å². The Balaban J connectivity index is 2.24. The topological polar surface area (TPSA) is 55.8 Å². The molecule has 0 bridgehead atoms. The highest BCUT2D eigenvalue weighted by atomic mass is 16.5. The van der Waals surface area contributed by atoms with Crippen molar-refractivity contribution in [3.05, 3.63) is 72.0 Å². The first kappa shape index (κ1) is 14.7. The Morgan fingerprint density at radius 1 is 1.10 bits per heavy atom. The molecule has 2 rings (SSSR count). The molecule has 0 saturated carbocycles. The molecule has 2 aromatic rings. The van der Waals surface area contributed by atoms with Crippen LogP contribution < -0.4 is 4.74 Å². The van der Waals surface area contributed by atoms with Crippen LogP contribution in [0, 0.1) is 0 Å². The van der Waals surface area contributed by atoms with Crippen molar-refractivity contribution >= 4 is 11.5 Å². The van der Waals surface area contributed by atoms with Crippen molar-refractivity contribution in [2.24, 2.45) is 0 Å². The number of aliphatic carboxylic acids is 1. The third-order valence-electron chi connectivity index (χ3n) is 2.88. The third-order valence-corrected chi connectivity index (χ3v) is 2.88. The van der Waals surface area contributed by atoms with E-state index in [4.69, 9.17) is 9.47 Å². The molecule has 108 valence electrons. The first-order valence-electron chi connectivity index (χ1n) is 6.44. The second kappa shape index (κ2) is 7.14. The van der Waals surface area contributed by atoms with Crippen LogP contribution in [0.2, 0.25) is 0 Å².